The summed E-state index contributed by atoms with van der Waals surface area (Å²) in [5.41, 5.74) is 1.81. The number of fused-ring (bicyclic) bond motifs is 2. The molecule has 0 unspecified atom stereocenters. The third-order valence-electron chi connectivity index (χ3n) is 7.18. The number of hydrogen-bond acceptors (Lipinski definition) is 8. The number of likely N-dealkylation sites (N-methyl/N-ethyl adjacent to an activating group) is 1. The van der Waals surface area contributed by atoms with Gasteiger partial charge >= 0.3 is 6.01 Å². The van der Waals surface area contributed by atoms with Crippen LogP contribution < -0.4 is 15.0 Å². The highest BCUT2D eigenvalue weighted by Gasteiger charge is 2.26. The molecule has 0 aliphatic carbocycles. The summed E-state index contributed by atoms with van der Waals surface area (Å²) in [5, 5.41) is 4.87. The van der Waals surface area contributed by atoms with E-state index in [4.69, 9.17) is 19.1 Å². The van der Waals surface area contributed by atoms with Gasteiger partial charge in [-0.15, -0.1) is 0 Å². The minimum absolute atomic E-state index is 0.190. The van der Waals surface area contributed by atoms with E-state index in [-0.39, 0.29) is 17.7 Å². The van der Waals surface area contributed by atoms with Crippen molar-refractivity contribution in [1.29, 1.82) is 0 Å². The molecule has 3 aromatic heterocycles. The first-order chi connectivity index (χ1) is 17.1. The maximum Gasteiger partial charge on any atom is 0.320 e. The number of benzene rings is 1. The van der Waals surface area contributed by atoms with Gasteiger partial charge in [0.15, 0.2) is 11.5 Å². The largest absolute Gasteiger partial charge is 0.464 e. The Kier molecular flexibility index (Phi) is 5.74. The predicted molar refractivity (Wildman–Crippen MR) is 133 cm³/mol. The van der Waals surface area contributed by atoms with Crippen molar-refractivity contribution in [3.05, 3.63) is 42.4 Å². The Hall–Kier alpha value is -3.30. The van der Waals surface area contributed by atoms with Crippen LogP contribution in [0.5, 0.6) is 6.01 Å². The molecule has 0 amide bonds. The van der Waals surface area contributed by atoms with Gasteiger partial charge in [-0.2, -0.15) is 9.97 Å². The molecule has 2 aliphatic heterocycles. The van der Waals surface area contributed by atoms with Crippen LogP contribution in [0.1, 0.15) is 19.8 Å². The Morgan fingerprint density at radius 2 is 2.11 bits per heavy atom. The van der Waals surface area contributed by atoms with Crippen molar-refractivity contribution in [2.45, 2.75) is 31.8 Å². The quantitative estimate of drug-likeness (QED) is 0.465. The zero-order valence-corrected chi connectivity index (χ0v) is 20.0. The number of ether oxygens (including phenoxy) is 1. The van der Waals surface area contributed by atoms with Crippen LogP contribution in [0.15, 0.2) is 41.0 Å². The van der Waals surface area contributed by atoms with Gasteiger partial charge in [0.25, 0.3) is 0 Å². The number of nitrogens with zero attached hydrogens (tertiary/aromatic N) is 5. The molecule has 35 heavy (non-hydrogen) atoms. The summed E-state index contributed by atoms with van der Waals surface area (Å²) in [5.74, 6) is 0.225. The van der Waals surface area contributed by atoms with Gasteiger partial charge < -0.3 is 24.3 Å². The molecule has 2 aliphatic rings. The lowest BCUT2D eigenvalue weighted by Crippen LogP contribution is -2.50. The first-order valence-corrected chi connectivity index (χ1v) is 12.2. The van der Waals surface area contributed by atoms with Crippen LogP contribution in [0.4, 0.5) is 10.2 Å². The molecule has 8 nitrogen and oxygen atoms in total. The summed E-state index contributed by atoms with van der Waals surface area (Å²) < 4.78 is 27.3. The highest BCUT2D eigenvalue weighted by molar-refractivity contribution is 5.94. The second kappa shape index (κ2) is 9.05. The lowest BCUT2D eigenvalue weighted by atomic mass is 10.1. The minimum atomic E-state index is -0.435. The molecule has 1 aromatic carbocycles. The fraction of sp³-hybridized carbons (Fsp3) is 0.423. The van der Waals surface area contributed by atoms with Crippen LogP contribution in [-0.2, 0) is 0 Å². The van der Waals surface area contributed by atoms with Crippen LogP contribution in [-0.4, -0.2) is 71.8 Å². The Labute approximate surface area is 203 Å². The van der Waals surface area contributed by atoms with Gasteiger partial charge in [-0.1, -0.05) is 12.1 Å². The smallest absolute Gasteiger partial charge is 0.320 e. The predicted octanol–water partition coefficient (Wildman–Crippen LogP) is 3.85. The molecule has 4 aromatic rings. The molecule has 9 heteroatoms. The monoisotopic (exact) mass is 476 g/mol. The van der Waals surface area contributed by atoms with Crippen LogP contribution in [0, 0.1) is 5.82 Å². The van der Waals surface area contributed by atoms with Crippen LogP contribution in [0.25, 0.3) is 33.3 Å². The fourth-order valence-corrected chi connectivity index (χ4v) is 5.16. The Morgan fingerprint density at radius 1 is 1.20 bits per heavy atom. The Morgan fingerprint density at radius 3 is 2.94 bits per heavy atom. The van der Waals surface area contributed by atoms with E-state index in [1.807, 2.05) is 24.3 Å². The van der Waals surface area contributed by atoms with E-state index in [9.17, 15) is 0 Å². The van der Waals surface area contributed by atoms with E-state index in [0.717, 1.165) is 44.4 Å². The van der Waals surface area contributed by atoms with Crippen molar-refractivity contribution in [3.63, 3.8) is 0 Å². The zero-order valence-electron chi connectivity index (χ0n) is 20.0. The number of likely N-dealkylation sites (tertiary alicyclic amines) is 1. The van der Waals surface area contributed by atoms with E-state index in [1.165, 1.54) is 6.07 Å². The highest BCUT2D eigenvalue weighted by Crippen LogP contribution is 2.34. The standard InChI is InChI=1S/C26H29FN6O2/c1-16-14-28-9-11-33(16)25-20-13-21(27)22(19-7-3-5-17-8-12-34-23(17)19)29-24(20)30-26(31-25)35-15-18-6-4-10-32(18)2/h3,5,7-8,12-13,16,18,28H,4,6,9-11,14-15H2,1-2H3/t16-,18+/m1/s1. The molecule has 0 radical (unpaired) electrons. The van der Waals surface area contributed by atoms with Crippen molar-refractivity contribution < 1.29 is 13.5 Å². The number of para-hydroxylation sites is 1. The van der Waals surface area contributed by atoms with Gasteiger partial charge in [-0.05, 0) is 51.6 Å². The molecule has 5 heterocycles. The van der Waals surface area contributed by atoms with Gasteiger partial charge in [0, 0.05) is 42.7 Å². The number of halogens is 1. The summed E-state index contributed by atoms with van der Waals surface area (Å²) in [6.45, 7) is 6.12. The van der Waals surface area contributed by atoms with Gasteiger partial charge in [-0.3, -0.25) is 0 Å². The van der Waals surface area contributed by atoms with E-state index < -0.39 is 5.82 Å². The summed E-state index contributed by atoms with van der Waals surface area (Å²) in [7, 11) is 2.11. The van der Waals surface area contributed by atoms with Crippen molar-refractivity contribution in [2.75, 3.05) is 44.7 Å². The number of pyridine rings is 1. The minimum Gasteiger partial charge on any atom is -0.464 e. The van der Waals surface area contributed by atoms with Gasteiger partial charge in [0.05, 0.1) is 11.6 Å². The second-order valence-electron chi connectivity index (χ2n) is 9.50. The van der Waals surface area contributed by atoms with Gasteiger partial charge in [0.2, 0.25) is 0 Å². The molecule has 1 N–H and O–H groups in total. The van der Waals surface area contributed by atoms with Gasteiger partial charge in [0.1, 0.15) is 23.7 Å². The molecular weight excluding hydrogens is 447 g/mol. The fourth-order valence-electron chi connectivity index (χ4n) is 5.16. The Balaban J connectivity index is 1.46. The third-order valence-corrected chi connectivity index (χ3v) is 7.18. The number of nitrogens with one attached hydrogen (secondary N) is 1. The lowest BCUT2D eigenvalue weighted by Gasteiger charge is -2.35. The molecular formula is C26H29FN6O2. The number of hydrogen-bond donors (Lipinski definition) is 1. The number of aromatic nitrogens is 3. The molecule has 0 bridgehead atoms. The summed E-state index contributed by atoms with van der Waals surface area (Å²) >= 11 is 0. The second-order valence-corrected chi connectivity index (χ2v) is 9.50. The highest BCUT2D eigenvalue weighted by atomic mass is 19.1. The zero-order chi connectivity index (χ0) is 23.9. The molecule has 0 saturated carbocycles. The third kappa shape index (κ3) is 4.08. The number of rotatable bonds is 5. The van der Waals surface area contributed by atoms with Crippen molar-refractivity contribution in [1.82, 2.24) is 25.2 Å². The SMILES string of the molecule is C[C@@H]1CNCCN1c1nc(OC[C@@H]2CCCN2C)nc2nc(-c3cccc4ccoc34)c(F)cc12. The molecule has 2 saturated heterocycles. The summed E-state index contributed by atoms with van der Waals surface area (Å²) in [6.07, 6.45) is 3.85. The van der Waals surface area contributed by atoms with Crippen LogP contribution in [0.2, 0.25) is 0 Å². The van der Waals surface area contributed by atoms with Crippen molar-refractivity contribution in [2.24, 2.45) is 0 Å². The van der Waals surface area contributed by atoms with Crippen LogP contribution in [0.3, 0.4) is 0 Å². The summed E-state index contributed by atoms with van der Waals surface area (Å²) in [4.78, 5) is 18.6. The average Bonchev–Trinajstić information content (AvgIpc) is 3.51. The maximum absolute atomic E-state index is 15.6. The van der Waals surface area contributed by atoms with Crippen molar-refractivity contribution in [3.8, 4) is 17.3 Å². The van der Waals surface area contributed by atoms with E-state index in [1.54, 1.807) is 6.26 Å². The molecule has 2 atom stereocenters. The van der Waals surface area contributed by atoms with E-state index in [0.29, 0.717) is 40.6 Å². The van der Waals surface area contributed by atoms with E-state index >= 15 is 4.39 Å². The molecule has 2 fully saturated rings. The van der Waals surface area contributed by atoms with Crippen LogP contribution >= 0.6 is 0 Å². The topological polar surface area (TPSA) is 79.5 Å². The molecule has 182 valence electrons. The van der Waals surface area contributed by atoms with Gasteiger partial charge in [-0.25, -0.2) is 9.37 Å². The number of furan rings is 1. The maximum atomic E-state index is 15.6. The average molecular weight is 477 g/mol. The molecule has 0 spiro atoms. The first kappa shape index (κ1) is 22.2. The number of piperazine rings is 1. The lowest BCUT2D eigenvalue weighted by molar-refractivity contribution is 0.188. The molecule has 6 rings (SSSR count). The Bertz CT molecular complexity index is 1370. The normalized spacial score (nSPS) is 21.3. The number of anilines is 1. The van der Waals surface area contributed by atoms with E-state index in [2.05, 4.69) is 34.1 Å². The first-order valence-electron chi connectivity index (χ1n) is 12.2. The summed E-state index contributed by atoms with van der Waals surface area (Å²) in [6, 6.07) is 9.78. The van der Waals surface area contributed by atoms with Crippen molar-refractivity contribution >= 4 is 27.8 Å².